The number of para-hydroxylation sites is 1. The van der Waals surface area contributed by atoms with Crippen LogP contribution in [0.25, 0.3) is 10.9 Å². The van der Waals surface area contributed by atoms with E-state index in [9.17, 15) is 9.59 Å². The number of halogens is 3. The van der Waals surface area contributed by atoms with Crippen molar-refractivity contribution in [3.05, 3.63) is 55.3 Å². The highest BCUT2D eigenvalue weighted by Crippen LogP contribution is 2.40. The van der Waals surface area contributed by atoms with E-state index in [2.05, 4.69) is 10.3 Å². The third-order valence-corrected chi connectivity index (χ3v) is 6.51. The molecule has 2 N–H and O–H groups in total. The summed E-state index contributed by atoms with van der Waals surface area (Å²) < 4.78 is 5.33. The highest BCUT2D eigenvalue weighted by Gasteiger charge is 2.27. The molecule has 142 valence electrons. The van der Waals surface area contributed by atoms with Gasteiger partial charge in [0.15, 0.2) is 0 Å². The molecule has 2 heterocycles. The van der Waals surface area contributed by atoms with E-state index in [1.807, 2.05) is 30.5 Å². The minimum Gasteiger partial charge on any atom is -0.464 e. The number of benzene rings is 1. The van der Waals surface area contributed by atoms with Crippen molar-refractivity contribution in [1.29, 1.82) is 0 Å². The van der Waals surface area contributed by atoms with Gasteiger partial charge >= 0.3 is 5.97 Å². The van der Waals surface area contributed by atoms with Crippen LogP contribution in [0.4, 0.5) is 0 Å². The van der Waals surface area contributed by atoms with Crippen molar-refractivity contribution in [2.75, 3.05) is 6.61 Å². The zero-order chi connectivity index (χ0) is 19.6. The summed E-state index contributed by atoms with van der Waals surface area (Å²) in [6.07, 6.45) is 2.08. The van der Waals surface area contributed by atoms with Gasteiger partial charge in [-0.05, 0) is 18.6 Å². The van der Waals surface area contributed by atoms with Gasteiger partial charge in [0, 0.05) is 23.5 Å². The number of fused-ring (bicyclic) bond motifs is 1. The molecule has 0 aliphatic carbocycles. The lowest BCUT2D eigenvalue weighted by molar-refractivity contribution is -0.145. The second-order valence-corrected chi connectivity index (χ2v) is 8.05. The van der Waals surface area contributed by atoms with E-state index in [0.717, 1.165) is 27.8 Å². The maximum Gasteiger partial charge on any atom is 0.328 e. The largest absolute Gasteiger partial charge is 0.464 e. The summed E-state index contributed by atoms with van der Waals surface area (Å²) in [5.41, 5.74) is 1.83. The Balaban J connectivity index is 1.86. The summed E-state index contributed by atoms with van der Waals surface area (Å²) in [5, 5.41) is 3.85. The molecule has 0 radical (unpaired) electrons. The van der Waals surface area contributed by atoms with Gasteiger partial charge in [0.2, 0.25) is 0 Å². The quantitative estimate of drug-likeness (QED) is 0.519. The predicted molar refractivity (Wildman–Crippen MR) is 109 cm³/mol. The highest BCUT2D eigenvalue weighted by molar-refractivity contribution is 7.19. The number of nitrogens with one attached hydrogen (secondary N) is 2. The molecule has 3 rings (SSSR count). The van der Waals surface area contributed by atoms with Crippen molar-refractivity contribution >= 4 is 68.9 Å². The van der Waals surface area contributed by atoms with Gasteiger partial charge in [-0.3, -0.25) is 4.79 Å². The van der Waals surface area contributed by atoms with Crippen LogP contribution < -0.4 is 5.32 Å². The molecular formula is C18H15Cl3N2O3S. The van der Waals surface area contributed by atoms with E-state index in [1.54, 1.807) is 6.92 Å². The lowest BCUT2D eigenvalue weighted by Gasteiger charge is -2.17. The van der Waals surface area contributed by atoms with Crippen molar-refractivity contribution in [1.82, 2.24) is 10.3 Å². The Morgan fingerprint density at radius 2 is 1.96 bits per heavy atom. The number of H-pyrrole nitrogens is 1. The van der Waals surface area contributed by atoms with Crippen molar-refractivity contribution in [2.45, 2.75) is 19.4 Å². The number of carbonyl (C=O) groups is 2. The van der Waals surface area contributed by atoms with Crippen LogP contribution in [0.2, 0.25) is 14.4 Å². The van der Waals surface area contributed by atoms with E-state index in [4.69, 9.17) is 39.5 Å². The number of hydrogen-bond donors (Lipinski definition) is 2. The average molecular weight is 446 g/mol. The molecule has 27 heavy (non-hydrogen) atoms. The fourth-order valence-corrected chi connectivity index (χ4v) is 4.40. The van der Waals surface area contributed by atoms with E-state index >= 15 is 0 Å². The number of amides is 1. The Morgan fingerprint density at radius 3 is 2.63 bits per heavy atom. The molecule has 0 aliphatic heterocycles. The van der Waals surface area contributed by atoms with Crippen LogP contribution in [-0.2, 0) is 16.0 Å². The van der Waals surface area contributed by atoms with Crippen molar-refractivity contribution in [2.24, 2.45) is 0 Å². The monoisotopic (exact) mass is 444 g/mol. The molecule has 1 unspecified atom stereocenters. The van der Waals surface area contributed by atoms with Crippen LogP contribution in [0.15, 0.2) is 30.5 Å². The second-order valence-electron chi connectivity index (χ2n) is 5.67. The third kappa shape index (κ3) is 4.24. The number of carbonyl (C=O) groups excluding carboxylic acids is 2. The first-order valence-corrected chi connectivity index (χ1v) is 10.0. The predicted octanol–water partition coefficient (Wildman–Crippen LogP) is 5.09. The topological polar surface area (TPSA) is 71.2 Å². The molecule has 3 aromatic rings. The Bertz CT molecular complexity index is 999. The van der Waals surface area contributed by atoms with Crippen LogP contribution in [0.1, 0.15) is 22.2 Å². The zero-order valence-corrected chi connectivity index (χ0v) is 17.2. The average Bonchev–Trinajstić information content (AvgIpc) is 3.17. The van der Waals surface area contributed by atoms with E-state index in [1.165, 1.54) is 0 Å². The smallest absolute Gasteiger partial charge is 0.328 e. The van der Waals surface area contributed by atoms with Crippen LogP contribution in [0.3, 0.4) is 0 Å². The van der Waals surface area contributed by atoms with Gasteiger partial charge in [-0.1, -0.05) is 53.0 Å². The summed E-state index contributed by atoms with van der Waals surface area (Å²) in [4.78, 5) is 28.3. The number of aromatic amines is 1. The molecule has 1 amide bonds. The molecule has 1 aromatic carbocycles. The molecule has 0 fully saturated rings. The lowest BCUT2D eigenvalue weighted by Crippen LogP contribution is -2.43. The Labute approximate surface area is 174 Å². The van der Waals surface area contributed by atoms with Crippen LogP contribution >= 0.6 is 46.1 Å². The van der Waals surface area contributed by atoms with Gasteiger partial charge in [0.25, 0.3) is 5.91 Å². The van der Waals surface area contributed by atoms with Gasteiger partial charge in [-0.25, -0.2) is 4.79 Å². The fraction of sp³-hybridized carbons (Fsp3) is 0.222. The van der Waals surface area contributed by atoms with Gasteiger partial charge in [-0.15, -0.1) is 11.3 Å². The van der Waals surface area contributed by atoms with Gasteiger partial charge in [0.1, 0.15) is 15.3 Å². The second kappa shape index (κ2) is 8.52. The highest BCUT2D eigenvalue weighted by atomic mass is 35.5. The Hall–Kier alpha value is -1.73. The SMILES string of the molecule is CCOC(=O)C(Cc1c[nH]c2ccccc12)NC(=O)c1sc(Cl)c(Cl)c1Cl. The van der Waals surface area contributed by atoms with Gasteiger partial charge in [0.05, 0.1) is 16.7 Å². The molecule has 9 heteroatoms. The molecule has 1 atom stereocenters. The van der Waals surface area contributed by atoms with E-state index < -0.39 is 17.9 Å². The maximum atomic E-state index is 12.6. The number of ether oxygens (including phenoxy) is 1. The van der Waals surface area contributed by atoms with Crippen molar-refractivity contribution in [3.63, 3.8) is 0 Å². The Kier molecular flexibility index (Phi) is 6.32. The van der Waals surface area contributed by atoms with Gasteiger partial charge in [-0.2, -0.15) is 0 Å². The summed E-state index contributed by atoms with van der Waals surface area (Å²) in [6.45, 7) is 1.91. The summed E-state index contributed by atoms with van der Waals surface area (Å²) in [6, 6.07) is 6.83. The molecule has 0 bridgehead atoms. The molecule has 0 spiro atoms. The third-order valence-electron chi connectivity index (χ3n) is 3.94. The summed E-state index contributed by atoms with van der Waals surface area (Å²) in [5.74, 6) is -1.06. The minimum atomic E-state index is -0.882. The first kappa shape index (κ1) is 20.0. The standard InChI is InChI=1S/C18H15Cl3N2O3S/c1-2-26-18(25)12(7-9-8-22-11-6-4-3-5-10(9)11)23-17(24)15-13(19)14(20)16(21)27-15/h3-6,8,12,22H,2,7H2,1H3,(H,23,24). The fourth-order valence-electron chi connectivity index (χ4n) is 2.69. The normalized spacial score (nSPS) is 12.1. The maximum absolute atomic E-state index is 12.6. The first-order valence-electron chi connectivity index (χ1n) is 8.08. The molecular weight excluding hydrogens is 431 g/mol. The van der Waals surface area contributed by atoms with E-state index in [-0.39, 0.29) is 32.3 Å². The number of esters is 1. The van der Waals surface area contributed by atoms with Crippen LogP contribution in [0, 0.1) is 0 Å². The number of hydrogen-bond acceptors (Lipinski definition) is 4. The molecule has 5 nitrogen and oxygen atoms in total. The van der Waals surface area contributed by atoms with Crippen molar-refractivity contribution in [3.8, 4) is 0 Å². The molecule has 2 aromatic heterocycles. The first-order chi connectivity index (χ1) is 12.9. The number of aromatic nitrogens is 1. The van der Waals surface area contributed by atoms with Gasteiger partial charge < -0.3 is 15.0 Å². The number of rotatable bonds is 6. The van der Waals surface area contributed by atoms with Crippen LogP contribution in [0.5, 0.6) is 0 Å². The molecule has 0 aliphatic rings. The number of thiophene rings is 1. The summed E-state index contributed by atoms with van der Waals surface area (Å²) in [7, 11) is 0. The minimum absolute atomic E-state index is 0.0684. The Morgan fingerprint density at radius 1 is 1.22 bits per heavy atom. The van der Waals surface area contributed by atoms with Crippen molar-refractivity contribution < 1.29 is 14.3 Å². The lowest BCUT2D eigenvalue weighted by atomic mass is 10.0. The summed E-state index contributed by atoms with van der Waals surface area (Å²) >= 11 is 18.9. The molecule has 0 saturated carbocycles. The van der Waals surface area contributed by atoms with Crippen LogP contribution in [-0.4, -0.2) is 29.5 Å². The van der Waals surface area contributed by atoms with E-state index in [0.29, 0.717) is 0 Å². The molecule has 0 saturated heterocycles. The zero-order valence-electron chi connectivity index (χ0n) is 14.1.